The van der Waals surface area contributed by atoms with E-state index < -0.39 is 0 Å². The number of nitrogens with two attached hydrogens (primary N) is 1. The van der Waals surface area contributed by atoms with Crippen LogP contribution in [-0.2, 0) is 12.8 Å². The molecule has 2 aromatic rings. The molecule has 0 fully saturated rings. The Balaban J connectivity index is 1.63. The van der Waals surface area contributed by atoms with Crippen LogP contribution >= 0.6 is 11.6 Å². The van der Waals surface area contributed by atoms with Gasteiger partial charge < -0.3 is 14.9 Å². The Kier molecular flexibility index (Phi) is 3.49. The van der Waals surface area contributed by atoms with Crippen molar-refractivity contribution in [2.24, 2.45) is 5.73 Å². The minimum Gasteiger partial charge on any atom is -0.493 e. The van der Waals surface area contributed by atoms with Crippen LogP contribution in [0.4, 0.5) is 0 Å². The molecule has 1 atom stereocenters. The van der Waals surface area contributed by atoms with Gasteiger partial charge in [0.25, 0.3) is 0 Å². The van der Waals surface area contributed by atoms with Gasteiger partial charge in [-0.3, -0.25) is 0 Å². The predicted octanol–water partition coefficient (Wildman–Crippen LogP) is 3.50. The number of benzene rings is 1. The fraction of sp³-hybridized carbons (Fsp3) is 0.333. The van der Waals surface area contributed by atoms with Gasteiger partial charge in [0.2, 0.25) is 0 Å². The van der Waals surface area contributed by atoms with Gasteiger partial charge in [0, 0.05) is 6.42 Å². The summed E-state index contributed by atoms with van der Waals surface area (Å²) < 4.78 is 10.8. The quantitative estimate of drug-likeness (QED) is 0.930. The lowest BCUT2D eigenvalue weighted by molar-refractivity contribution is 0.357. The Morgan fingerprint density at radius 2 is 2.16 bits per heavy atom. The van der Waals surface area contributed by atoms with Crippen molar-refractivity contribution in [3.8, 4) is 5.75 Å². The third-order valence-corrected chi connectivity index (χ3v) is 3.66. The molecule has 19 heavy (non-hydrogen) atoms. The summed E-state index contributed by atoms with van der Waals surface area (Å²) in [4.78, 5) is 0. The zero-order valence-electron chi connectivity index (χ0n) is 10.6. The van der Waals surface area contributed by atoms with E-state index in [1.165, 1.54) is 11.1 Å². The molecule has 0 radical (unpaired) electrons. The number of furan rings is 1. The van der Waals surface area contributed by atoms with Crippen molar-refractivity contribution in [2.75, 3.05) is 6.61 Å². The van der Waals surface area contributed by atoms with Gasteiger partial charge in [0.15, 0.2) is 5.22 Å². The van der Waals surface area contributed by atoms with E-state index in [2.05, 4.69) is 12.1 Å². The molecule has 1 unspecified atom stereocenters. The molecule has 1 aromatic heterocycles. The Hall–Kier alpha value is -1.45. The molecule has 0 aliphatic carbocycles. The van der Waals surface area contributed by atoms with E-state index >= 15 is 0 Å². The van der Waals surface area contributed by atoms with Crippen LogP contribution in [-0.4, -0.2) is 6.61 Å². The van der Waals surface area contributed by atoms with Crippen LogP contribution in [0.2, 0.25) is 5.22 Å². The summed E-state index contributed by atoms with van der Waals surface area (Å²) >= 11 is 5.75. The molecule has 1 aliphatic heterocycles. The molecule has 4 heteroatoms. The fourth-order valence-electron chi connectivity index (χ4n) is 2.39. The smallest absolute Gasteiger partial charge is 0.193 e. The predicted molar refractivity (Wildman–Crippen MR) is 74.6 cm³/mol. The second-order valence-electron chi connectivity index (χ2n) is 4.83. The number of aryl methyl sites for hydroxylation is 1. The highest BCUT2D eigenvalue weighted by atomic mass is 35.5. The van der Waals surface area contributed by atoms with E-state index in [0.717, 1.165) is 37.4 Å². The highest BCUT2D eigenvalue weighted by Gasteiger charge is 2.14. The molecular formula is C15H16ClNO2. The normalized spacial score (nSPS) is 15.1. The third kappa shape index (κ3) is 2.77. The van der Waals surface area contributed by atoms with Gasteiger partial charge in [-0.25, -0.2) is 0 Å². The average molecular weight is 278 g/mol. The molecule has 1 aliphatic rings. The SMILES string of the molecule is NC(CCc1ccc2c(c1)CCO2)c1ccc(Cl)o1. The minimum atomic E-state index is -0.114. The van der Waals surface area contributed by atoms with Crippen molar-refractivity contribution in [1.82, 2.24) is 0 Å². The second-order valence-corrected chi connectivity index (χ2v) is 5.20. The lowest BCUT2D eigenvalue weighted by Crippen LogP contribution is -2.10. The molecule has 2 N–H and O–H groups in total. The molecule has 0 saturated heterocycles. The van der Waals surface area contributed by atoms with E-state index in [4.69, 9.17) is 26.5 Å². The standard InChI is InChI=1S/C15H16ClNO2/c16-15-6-5-14(19-15)12(17)3-1-10-2-4-13-11(9-10)7-8-18-13/h2,4-6,9,12H,1,3,7-8,17H2. The van der Waals surface area contributed by atoms with E-state index in [0.29, 0.717) is 5.22 Å². The van der Waals surface area contributed by atoms with E-state index in [1.807, 2.05) is 12.1 Å². The van der Waals surface area contributed by atoms with Crippen molar-refractivity contribution in [3.05, 3.63) is 52.4 Å². The minimum absolute atomic E-state index is 0.114. The van der Waals surface area contributed by atoms with Crippen LogP contribution in [0.25, 0.3) is 0 Å². The van der Waals surface area contributed by atoms with Gasteiger partial charge >= 0.3 is 0 Å². The van der Waals surface area contributed by atoms with E-state index in [9.17, 15) is 0 Å². The molecule has 0 saturated carbocycles. The van der Waals surface area contributed by atoms with Gasteiger partial charge in [-0.15, -0.1) is 0 Å². The maximum Gasteiger partial charge on any atom is 0.193 e. The van der Waals surface area contributed by atoms with Crippen molar-refractivity contribution >= 4 is 11.6 Å². The van der Waals surface area contributed by atoms with Gasteiger partial charge in [0.05, 0.1) is 12.6 Å². The van der Waals surface area contributed by atoms with Gasteiger partial charge in [-0.05, 0) is 53.8 Å². The number of fused-ring (bicyclic) bond motifs is 1. The number of halogens is 1. The summed E-state index contributed by atoms with van der Waals surface area (Å²) in [6, 6.07) is 9.81. The Bertz CT molecular complexity index is 579. The highest BCUT2D eigenvalue weighted by Crippen LogP contribution is 2.27. The first-order valence-corrected chi connectivity index (χ1v) is 6.85. The summed E-state index contributed by atoms with van der Waals surface area (Å²) in [5, 5.41) is 0.389. The number of ether oxygens (including phenoxy) is 1. The summed E-state index contributed by atoms with van der Waals surface area (Å²) in [7, 11) is 0. The number of hydrogen-bond acceptors (Lipinski definition) is 3. The van der Waals surface area contributed by atoms with Gasteiger partial charge in [-0.2, -0.15) is 0 Å². The van der Waals surface area contributed by atoms with Crippen LogP contribution in [0.1, 0.15) is 29.3 Å². The van der Waals surface area contributed by atoms with Crippen molar-refractivity contribution in [3.63, 3.8) is 0 Å². The first-order chi connectivity index (χ1) is 9.22. The monoisotopic (exact) mass is 277 g/mol. The molecule has 0 spiro atoms. The van der Waals surface area contributed by atoms with Crippen LogP contribution in [0, 0.1) is 0 Å². The lowest BCUT2D eigenvalue weighted by Gasteiger charge is -2.09. The molecule has 1 aromatic carbocycles. The van der Waals surface area contributed by atoms with Crippen LogP contribution in [0.3, 0.4) is 0 Å². The third-order valence-electron chi connectivity index (χ3n) is 3.46. The van der Waals surface area contributed by atoms with Gasteiger partial charge in [0.1, 0.15) is 11.5 Å². The van der Waals surface area contributed by atoms with E-state index in [-0.39, 0.29) is 6.04 Å². The summed E-state index contributed by atoms with van der Waals surface area (Å²) in [6.07, 6.45) is 2.76. The summed E-state index contributed by atoms with van der Waals surface area (Å²) in [6.45, 7) is 0.795. The van der Waals surface area contributed by atoms with Crippen molar-refractivity contribution in [2.45, 2.75) is 25.3 Å². The van der Waals surface area contributed by atoms with Crippen LogP contribution in [0.15, 0.2) is 34.7 Å². The highest BCUT2D eigenvalue weighted by molar-refractivity contribution is 6.28. The fourth-order valence-corrected chi connectivity index (χ4v) is 2.54. The number of rotatable bonds is 4. The van der Waals surface area contributed by atoms with Crippen LogP contribution < -0.4 is 10.5 Å². The number of hydrogen-bond donors (Lipinski definition) is 1. The summed E-state index contributed by atoms with van der Waals surface area (Å²) in [5.41, 5.74) is 8.68. The Morgan fingerprint density at radius 1 is 1.26 bits per heavy atom. The topological polar surface area (TPSA) is 48.4 Å². The zero-order valence-corrected chi connectivity index (χ0v) is 11.3. The molecular weight excluding hydrogens is 262 g/mol. The second kappa shape index (κ2) is 5.27. The molecule has 3 rings (SSSR count). The lowest BCUT2D eigenvalue weighted by atomic mass is 10.0. The first-order valence-electron chi connectivity index (χ1n) is 6.48. The first kappa shape index (κ1) is 12.6. The summed E-state index contributed by atoms with van der Waals surface area (Å²) in [5.74, 6) is 1.76. The maximum atomic E-state index is 6.09. The molecule has 0 bridgehead atoms. The molecule has 2 heterocycles. The Morgan fingerprint density at radius 3 is 2.95 bits per heavy atom. The Labute approximate surface area is 117 Å². The van der Waals surface area contributed by atoms with Gasteiger partial charge in [-0.1, -0.05) is 12.1 Å². The molecule has 3 nitrogen and oxygen atoms in total. The molecule has 100 valence electrons. The van der Waals surface area contributed by atoms with Crippen molar-refractivity contribution < 1.29 is 9.15 Å². The molecule has 0 amide bonds. The zero-order chi connectivity index (χ0) is 13.2. The maximum absolute atomic E-state index is 6.09. The van der Waals surface area contributed by atoms with Crippen molar-refractivity contribution in [1.29, 1.82) is 0 Å². The van der Waals surface area contributed by atoms with E-state index in [1.54, 1.807) is 6.07 Å². The van der Waals surface area contributed by atoms with Crippen LogP contribution in [0.5, 0.6) is 5.75 Å². The largest absolute Gasteiger partial charge is 0.493 e. The average Bonchev–Trinajstić information content (AvgIpc) is 3.03.